The highest BCUT2D eigenvalue weighted by Gasteiger charge is 2.26. The van der Waals surface area contributed by atoms with Gasteiger partial charge in [-0.15, -0.1) is 0 Å². The van der Waals surface area contributed by atoms with Gasteiger partial charge in [0.1, 0.15) is 5.75 Å². The lowest BCUT2D eigenvalue weighted by Crippen LogP contribution is -2.17. The third kappa shape index (κ3) is 1.94. The van der Waals surface area contributed by atoms with E-state index in [4.69, 9.17) is 4.74 Å². The molecule has 0 aromatic heterocycles. The van der Waals surface area contributed by atoms with Gasteiger partial charge in [0, 0.05) is 12.5 Å². The van der Waals surface area contributed by atoms with Crippen molar-refractivity contribution >= 4 is 0 Å². The van der Waals surface area contributed by atoms with E-state index in [1.807, 2.05) is 0 Å². The molecule has 0 amide bonds. The van der Waals surface area contributed by atoms with Gasteiger partial charge in [-0.25, -0.2) is 0 Å². The summed E-state index contributed by atoms with van der Waals surface area (Å²) in [5.41, 5.74) is 2.81. The van der Waals surface area contributed by atoms with Crippen LogP contribution in [0.1, 0.15) is 36.4 Å². The van der Waals surface area contributed by atoms with E-state index in [0.717, 1.165) is 24.7 Å². The topological polar surface area (TPSA) is 21.3 Å². The molecule has 0 spiro atoms. The Balaban J connectivity index is 1.80. The first-order valence-electron chi connectivity index (χ1n) is 6.29. The Morgan fingerprint density at radius 3 is 3.06 bits per heavy atom. The standard InChI is InChI=1S/C14H19NO/c1-15-13(8-10-2-3-10)11-4-5-14-12(9-11)6-7-16-14/h4-5,9-10,13,15H,2-3,6-8H2,1H3. The Hall–Kier alpha value is -1.02. The first kappa shape index (κ1) is 10.2. The Morgan fingerprint density at radius 2 is 2.31 bits per heavy atom. The molecule has 16 heavy (non-hydrogen) atoms. The van der Waals surface area contributed by atoms with E-state index in [9.17, 15) is 0 Å². The fraction of sp³-hybridized carbons (Fsp3) is 0.571. The fourth-order valence-corrected chi connectivity index (χ4v) is 2.53. The summed E-state index contributed by atoms with van der Waals surface area (Å²) >= 11 is 0. The molecule has 1 heterocycles. The molecule has 1 atom stereocenters. The number of rotatable bonds is 4. The second kappa shape index (κ2) is 4.10. The zero-order valence-electron chi connectivity index (χ0n) is 9.83. The van der Waals surface area contributed by atoms with Gasteiger partial charge in [-0.3, -0.25) is 0 Å². The van der Waals surface area contributed by atoms with E-state index in [1.54, 1.807) is 0 Å². The van der Waals surface area contributed by atoms with E-state index in [1.165, 1.54) is 30.4 Å². The van der Waals surface area contributed by atoms with Crippen LogP contribution in [0.4, 0.5) is 0 Å². The average Bonchev–Trinajstić information content (AvgIpc) is 3.01. The summed E-state index contributed by atoms with van der Waals surface area (Å²) in [4.78, 5) is 0. The maximum absolute atomic E-state index is 5.54. The van der Waals surface area contributed by atoms with Crippen molar-refractivity contribution in [3.8, 4) is 5.75 Å². The summed E-state index contributed by atoms with van der Waals surface area (Å²) in [5, 5.41) is 3.44. The van der Waals surface area contributed by atoms with Crippen molar-refractivity contribution in [3.05, 3.63) is 29.3 Å². The third-order valence-electron chi connectivity index (χ3n) is 3.73. The molecule has 1 aromatic carbocycles. The highest BCUT2D eigenvalue weighted by Crippen LogP contribution is 2.38. The highest BCUT2D eigenvalue weighted by molar-refractivity contribution is 5.40. The number of hydrogen-bond acceptors (Lipinski definition) is 2. The molecule has 1 saturated carbocycles. The van der Waals surface area contributed by atoms with E-state index in [0.29, 0.717) is 6.04 Å². The number of benzene rings is 1. The van der Waals surface area contributed by atoms with Gasteiger partial charge in [-0.1, -0.05) is 25.0 Å². The lowest BCUT2D eigenvalue weighted by Gasteiger charge is -2.17. The molecule has 2 nitrogen and oxygen atoms in total. The predicted molar refractivity (Wildman–Crippen MR) is 64.8 cm³/mol. The van der Waals surface area contributed by atoms with Gasteiger partial charge < -0.3 is 10.1 Å². The van der Waals surface area contributed by atoms with Gasteiger partial charge in [-0.2, -0.15) is 0 Å². The molecule has 0 saturated heterocycles. The van der Waals surface area contributed by atoms with Gasteiger partial charge in [-0.05, 0) is 36.6 Å². The predicted octanol–water partition coefficient (Wildman–Crippen LogP) is 2.68. The molecular weight excluding hydrogens is 198 g/mol. The van der Waals surface area contributed by atoms with Crippen molar-refractivity contribution in [2.24, 2.45) is 5.92 Å². The van der Waals surface area contributed by atoms with E-state index in [-0.39, 0.29) is 0 Å². The van der Waals surface area contributed by atoms with Crippen LogP contribution in [0, 0.1) is 5.92 Å². The number of nitrogens with one attached hydrogen (secondary N) is 1. The Labute approximate surface area is 97.0 Å². The molecule has 1 unspecified atom stereocenters. The number of ether oxygens (including phenoxy) is 1. The zero-order chi connectivity index (χ0) is 11.0. The van der Waals surface area contributed by atoms with Crippen molar-refractivity contribution in [1.82, 2.24) is 5.32 Å². The van der Waals surface area contributed by atoms with Crippen LogP contribution in [-0.4, -0.2) is 13.7 Å². The van der Waals surface area contributed by atoms with Gasteiger partial charge in [0.15, 0.2) is 0 Å². The summed E-state index contributed by atoms with van der Waals surface area (Å²) in [6.45, 7) is 0.853. The summed E-state index contributed by atoms with van der Waals surface area (Å²) in [5.74, 6) is 2.05. The van der Waals surface area contributed by atoms with Crippen LogP contribution in [0.2, 0.25) is 0 Å². The first-order chi connectivity index (χ1) is 7.86. The van der Waals surface area contributed by atoms with Gasteiger partial charge in [0.05, 0.1) is 6.61 Å². The highest BCUT2D eigenvalue weighted by atomic mass is 16.5. The molecule has 2 aliphatic rings. The molecule has 2 heteroatoms. The largest absolute Gasteiger partial charge is 0.493 e. The van der Waals surface area contributed by atoms with E-state index in [2.05, 4.69) is 30.6 Å². The summed E-state index contributed by atoms with van der Waals surface area (Å²) < 4.78 is 5.54. The van der Waals surface area contributed by atoms with Gasteiger partial charge >= 0.3 is 0 Å². The molecule has 86 valence electrons. The van der Waals surface area contributed by atoms with Crippen molar-refractivity contribution in [2.45, 2.75) is 31.7 Å². The average molecular weight is 217 g/mol. The minimum atomic E-state index is 0.526. The maximum atomic E-state index is 5.54. The second-order valence-corrected chi connectivity index (χ2v) is 4.99. The number of hydrogen-bond donors (Lipinski definition) is 1. The minimum Gasteiger partial charge on any atom is -0.493 e. The van der Waals surface area contributed by atoms with Crippen LogP contribution in [0.5, 0.6) is 5.75 Å². The molecule has 1 aromatic rings. The molecule has 1 aliphatic carbocycles. The molecule has 1 aliphatic heterocycles. The third-order valence-corrected chi connectivity index (χ3v) is 3.73. The fourth-order valence-electron chi connectivity index (χ4n) is 2.53. The normalized spacial score (nSPS) is 20.3. The van der Waals surface area contributed by atoms with Crippen LogP contribution in [-0.2, 0) is 6.42 Å². The summed E-state index contributed by atoms with van der Waals surface area (Å²) in [6, 6.07) is 7.20. The van der Waals surface area contributed by atoms with Crippen LogP contribution >= 0.6 is 0 Å². The van der Waals surface area contributed by atoms with Gasteiger partial charge in [0.2, 0.25) is 0 Å². The SMILES string of the molecule is CNC(CC1CC1)c1ccc2c(c1)CCO2. The lowest BCUT2D eigenvalue weighted by molar-refractivity contribution is 0.356. The quantitative estimate of drug-likeness (QED) is 0.837. The Bertz CT molecular complexity index is 384. The maximum Gasteiger partial charge on any atom is 0.122 e. The van der Waals surface area contributed by atoms with Crippen LogP contribution in [0.15, 0.2) is 18.2 Å². The molecular formula is C14H19NO. The van der Waals surface area contributed by atoms with Crippen molar-refractivity contribution in [3.63, 3.8) is 0 Å². The van der Waals surface area contributed by atoms with Crippen molar-refractivity contribution in [2.75, 3.05) is 13.7 Å². The smallest absolute Gasteiger partial charge is 0.122 e. The zero-order valence-corrected chi connectivity index (χ0v) is 9.83. The Morgan fingerprint density at radius 1 is 1.44 bits per heavy atom. The van der Waals surface area contributed by atoms with Crippen molar-refractivity contribution < 1.29 is 4.74 Å². The number of fused-ring (bicyclic) bond motifs is 1. The molecule has 0 radical (unpaired) electrons. The minimum absolute atomic E-state index is 0.526. The first-order valence-corrected chi connectivity index (χ1v) is 6.29. The monoisotopic (exact) mass is 217 g/mol. The summed E-state index contributed by atoms with van der Waals surface area (Å²) in [7, 11) is 2.07. The Kier molecular flexibility index (Phi) is 2.60. The van der Waals surface area contributed by atoms with Crippen LogP contribution in [0.3, 0.4) is 0 Å². The molecule has 1 N–H and O–H groups in total. The molecule has 3 rings (SSSR count). The van der Waals surface area contributed by atoms with E-state index < -0.39 is 0 Å². The van der Waals surface area contributed by atoms with Gasteiger partial charge in [0.25, 0.3) is 0 Å². The lowest BCUT2D eigenvalue weighted by atomic mass is 9.98. The molecule has 1 fully saturated rings. The van der Waals surface area contributed by atoms with Crippen molar-refractivity contribution in [1.29, 1.82) is 0 Å². The van der Waals surface area contributed by atoms with E-state index >= 15 is 0 Å². The molecule has 0 bridgehead atoms. The van der Waals surface area contributed by atoms with Crippen LogP contribution < -0.4 is 10.1 Å². The summed E-state index contributed by atoms with van der Waals surface area (Å²) in [6.07, 6.45) is 5.21. The second-order valence-electron chi connectivity index (χ2n) is 4.99. The van der Waals surface area contributed by atoms with Crippen LogP contribution in [0.25, 0.3) is 0 Å².